The molecule has 1 fully saturated rings. The Hall–Kier alpha value is -2.27. The number of aromatic hydroxyl groups is 1. The lowest BCUT2D eigenvalue weighted by Gasteiger charge is -2.31. The second kappa shape index (κ2) is 7.53. The Morgan fingerprint density at radius 3 is 2.62 bits per heavy atom. The number of furan rings is 1. The molecule has 128 valence electrons. The van der Waals surface area contributed by atoms with Crippen LogP contribution in [0, 0.1) is 0 Å². The Morgan fingerprint density at radius 1 is 1.25 bits per heavy atom. The fourth-order valence-electron chi connectivity index (χ4n) is 3.23. The lowest BCUT2D eigenvalue weighted by Crippen LogP contribution is -2.32. The molecule has 0 aliphatic carbocycles. The zero-order valence-electron chi connectivity index (χ0n) is 13.9. The zero-order valence-corrected chi connectivity index (χ0v) is 13.9. The van der Waals surface area contributed by atoms with Crippen LogP contribution in [0.1, 0.15) is 47.4 Å². The standard InChI is InChI=1S/C19H23NO4/c1-2-23-19(22)17-9-12-24-18(17)13-20-10-7-15(8-11-20)14-3-5-16(21)6-4-14/h3-6,9,12,15,21H,2,7-8,10-11,13H2,1H3. The molecule has 2 aromatic rings. The predicted molar refractivity (Wildman–Crippen MR) is 90.0 cm³/mol. The molecule has 0 saturated carbocycles. The number of piperidine rings is 1. The fourth-order valence-corrected chi connectivity index (χ4v) is 3.23. The molecule has 0 radical (unpaired) electrons. The molecule has 0 amide bonds. The van der Waals surface area contributed by atoms with Gasteiger partial charge in [-0.1, -0.05) is 12.1 Å². The molecule has 1 saturated heterocycles. The Kier molecular flexibility index (Phi) is 5.20. The highest BCUT2D eigenvalue weighted by Gasteiger charge is 2.23. The first kappa shape index (κ1) is 16.6. The molecule has 1 aromatic carbocycles. The smallest absolute Gasteiger partial charge is 0.341 e. The van der Waals surface area contributed by atoms with E-state index < -0.39 is 0 Å². The van der Waals surface area contributed by atoms with Crippen molar-refractivity contribution in [1.29, 1.82) is 0 Å². The number of nitrogens with zero attached hydrogens (tertiary/aromatic N) is 1. The second-order valence-electron chi connectivity index (χ2n) is 6.12. The van der Waals surface area contributed by atoms with E-state index in [1.807, 2.05) is 12.1 Å². The zero-order chi connectivity index (χ0) is 16.9. The average Bonchev–Trinajstić information content (AvgIpc) is 3.05. The highest BCUT2D eigenvalue weighted by Crippen LogP contribution is 2.30. The first-order valence-electron chi connectivity index (χ1n) is 8.42. The summed E-state index contributed by atoms with van der Waals surface area (Å²) >= 11 is 0. The van der Waals surface area contributed by atoms with Crippen molar-refractivity contribution in [2.24, 2.45) is 0 Å². The van der Waals surface area contributed by atoms with Gasteiger partial charge in [0.05, 0.1) is 19.4 Å². The van der Waals surface area contributed by atoms with Crippen LogP contribution >= 0.6 is 0 Å². The van der Waals surface area contributed by atoms with Gasteiger partial charge < -0.3 is 14.3 Å². The molecule has 0 spiro atoms. The number of hydrogen-bond acceptors (Lipinski definition) is 5. The van der Waals surface area contributed by atoms with Crippen molar-refractivity contribution in [1.82, 2.24) is 4.90 Å². The third kappa shape index (κ3) is 3.79. The molecular weight excluding hydrogens is 306 g/mol. The second-order valence-corrected chi connectivity index (χ2v) is 6.12. The molecule has 5 heteroatoms. The van der Waals surface area contributed by atoms with E-state index in [2.05, 4.69) is 4.90 Å². The largest absolute Gasteiger partial charge is 0.508 e. The normalized spacial score (nSPS) is 16.2. The molecule has 3 rings (SSSR count). The Morgan fingerprint density at radius 2 is 1.96 bits per heavy atom. The summed E-state index contributed by atoms with van der Waals surface area (Å²) in [7, 11) is 0. The lowest BCUT2D eigenvalue weighted by molar-refractivity contribution is 0.0521. The summed E-state index contributed by atoms with van der Waals surface area (Å²) in [4.78, 5) is 14.2. The van der Waals surface area contributed by atoms with Gasteiger partial charge in [0.2, 0.25) is 0 Å². The van der Waals surface area contributed by atoms with Gasteiger partial charge in [0.15, 0.2) is 0 Å². The topological polar surface area (TPSA) is 62.9 Å². The van der Waals surface area contributed by atoms with E-state index in [9.17, 15) is 9.90 Å². The van der Waals surface area contributed by atoms with Gasteiger partial charge in [-0.25, -0.2) is 4.79 Å². The van der Waals surface area contributed by atoms with E-state index in [0.717, 1.165) is 25.9 Å². The molecule has 0 bridgehead atoms. The third-order valence-electron chi connectivity index (χ3n) is 4.56. The van der Waals surface area contributed by atoms with Crippen molar-refractivity contribution in [3.05, 3.63) is 53.5 Å². The third-order valence-corrected chi connectivity index (χ3v) is 4.56. The number of likely N-dealkylation sites (tertiary alicyclic amines) is 1. The number of esters is 1. The van der Waals surface area contributed by atoms with Gasteiger partial charge in [0.25, 0.3) is 0 Å². The molecule has 0 atom stereocenters. The van der Waals surface area contributed by atoms with Gasteiger partial charge in [-0.05, 0) is 62.5 Å². The number of rotatable bonds is 5. The van der Waals surface area contributed by atoms with E-state index in [4.69, 9.17) is 9.15 Å². The summed E-state index contributed by atoms with van der Waals surface area (Å²) in [6, 6.07) is 9.17. The van der Waals surface area contributed by atoms with Gasteiger partial charge in [-0.15, -0.1) is 0 Å². The Labute approximate surface area is 141 Å². The van der Waals surface area contributed by atoms with E-state index in [1.165, 1.54) is 5.56 Å². The number of benzene rings is 1. The average molecular weight is 329 g/mol. The monoisotopic (exact) mass is 329 g/mol. The molecular formula is C19H23NO4. The maximum absolute atomic E-state index is 11.9. The highest BCUT2D eigenvalue weighted by atomic mass is 16.5. The Balaban J connectivity index is 1.57. The maximum Gasteiger partial charge on any atom is 0.341 e. The van der Waals surface area contributed by atoms with E-state index in [1.54, 1.807) is 31.4 Å². The van der Waals surface area contributed by atoms with Crippen molar-refractivity contribution in [3.8, 4) is 5.75 Å². The predicted octanol–water partition coefficient (Wildman–Crippen LogP) is 3.54. The molecule has 5 nitrogen and oxygen atoms in total. The van der Waals surface area contributed by atoms with Crippen LogP contribution in [-0.2, 0) is 11.3 Å². The molecule has 1 aliphatic rings. The number of phenolic OH excluding ortho intramolecular Hbond substituents is 1. The van der Waals surface area contributed by atoms with Crippen molar-refractivity contribution in [3.63, 3.8) is 0 Å². The number of carbonyl (C=O) groups excluding carboxylic acids is 1. The fraction of sp³-hybridized carbons (Fsp3) is 0.421. The van der Waals surface area contributed by atoms with Gasteiger partial charge in [0.1, 0.15) is 17.1 Å². The van der Waals surface area contributed by atoms with Crippen LogP contribution in [0.25, 0.3) is 0 Å². The van der Waals surface area contributed by atoms with Crippen molar-refractivity contribution in [2.75, 3.05) is 19.7 Å². The minimum Gasteiger partial charge on any atom is -0.508 e. The highest BCUT2D eigenvalue weighted by molar-refractivity contribution is 5.90. The van der Waals surface area contributed by atoms with Crippen molar-refractivity contribution >= 4 is 5.97 Å². The molecule has 0 unspecified atom stereocenters. The van der Waals surface area contributed by atoms with Crippen molar-refractivity contribution < 1.29 is 19.1 Å². The minimum absolute atomic E-state index is 0.306. The van der Waals surface area contributed by atoms with Crippen LogP contribution in [0.15, 0.2) is 41.0 Å². The summed E-state index contributed by atoms with van der Waals surface area (Å²) in [6.45, 7) is 4.69. The van der Waals surface area contributed by atoms with Gasteiger partial charge in [-0.2, -0.15) is 0 Å². The summed E-state index contributed by atoms with van der Waals surface area (Å²) in [5.74, 6) is 1.18. The Bertz CT molecular complexity index is 669. The molecule has 1 aromatic heterocycles. The summed E-state index contributed by atoms with van der Waals surface area (Å²) in [5.41, 5.74) is 1.80. The van der Waals surface area contributed by atoms with Crippen LogP contribution in [0.4, 0.5) is 0 Å². The van der Waals surface area contributed by atoms with Crippen LogP contribution in [0.2, 0.25) is 0 Å². The number of ether oxygens (including phenoxy) is 1. The molecule has 1 aliphatic heterocycles. The number of hydrogen-bond donors (Lipinski definition) is 1. The first-order chi connectivity index (χ1) is 11.7. The molecule has 24 heavy (non-hydrogen) atoms. The summed E-state index contributed by atoms with van der Waals surface area (Å²) in [5, 5.41) is 9.39. The van der Waals surface area contributed by atoms with Crippen LogP contribution < -0.4 is 0 Å². The van der Waals surface area contributed by atoms with E-state index in [-0.39, 0.29) is 5.97 Å². The number of carbonyl (C=O) groups is 1. The molecule has 2 heterocycles. The number of phenols is 1. The van der Waals surface area contributed by atoms with Gasteiger partial charge in [0, 0.05) is 0 Å². The first-order valence-corrected chi connectivity index (χ1v) is 8.42. The van der Waals surface area contributed by atoms with Gasteiger partial charge in [-0.3, -0.25) is 4.90 Å². The molecule has 1 N–H and O–H groups in total. The van der Waals surface area contributed by atoms with Crippen molar-refractivity contribution in [2.45, 2.75) is 32.2 Å². The quantitative estimate of drug-likeness (QED) is 0.850. The van der Waals surface area contributed by atoms with Crippen LogP contribution in [0.3, 0.4) is 0 Å². The van der Waals surface area contributed by atoms with Crippen LogP contribution in [-0.4, -0.2) is 35.7 Å². The SMILES string of the molecule is CCOC(=O)c1ccoc1CN1CCC(c2ccc(O)cc2)CC1. The minimum atomic E-state index is -0.319. The lowest BCUT2D eigenvalue weighted by atomic mass is 9.89. The maximum atomic E-state index is 11.9. The summed E-state index contributed by atoms with van der Waals surface area (Å²) < 4.78 is 10.6. The van der Waals surface area contributed by atoms with E-state index >= 15 is 0 Å². The van der Waals surface area contributed by atoms with E-state index in [0.29, 0.717) is 36.1 Å². The van der Waals surface area contributed by atoms with Crippen LogP contribution in [0.5, 0.6) is 5.75 Å². The summed E-state index contributed by atoms with van der Waals surface area (Å²) in [6.07, 6.45) is 3.66. The van der Waals surface area contributed by atoms with Gasteiger partial charge >= 0.3 is 5.97 Å².